The predicted molar refractivity (Wildman–Crippen MR) is 51.5 cm³/mol. The molecule has 2 rings (SSSR count). The van der Waals surface area contributed by atoms with E-state index in [1.807, 2.05) is 0 Å². The van der Waals surface area contributed by atoms with Gasteiger partial charge in [-0.25, -0.2) is 18.0 Å². The summed E-state index contributed by atoms with van der Waals surface area (Å²) in [5.74, 6) is -3.50. The molecule has 0 bridgehead atoms. The molecule has 6 heteroatoms. The number of urea groups is 1. The summed E-state index contributed by atoms with van der Waals surface area (Å²) in [7, 11) is 0. The molecule has 0 atom stereocenters. The Labute approximate surface area is 89.6 Å². The van der Waals surface area contributed by atoms with E-state index in [1.165, 1.54) is 0 Å². The maximum Gasteiger partial charge on any atom is 0.319 e. The monoisotopic (exact) mass is 230 g/mol. The second-order valence-corrected chi connectivity index (χ2v) is 3.62. The summed E-state index contributed by atoms with van der Waals surface area (Å²) in [6, 6.07) is 0.486. The molecule has 0 saturated heterocycles. The van der Waals surface area contributed by atoms with Gasteiger partial charge in [0.05, 0.1) is 5.69 Å². The van der Waals surface area contributed by atoms with Gasteiger partial charge in [0, 0.05) is 18.2 Å². The van der Waals surface area contributed by atoms with Crippen molar-refractivity contribution < 1.29 is 18.0 Å². The summed E-state index contributed by atoms with van der Waals surface area (Å²) in [5, 5.41) is 4.65. The molecule has 0 radical (unpaired) electrons. The van der Waals surface area contributed by atoms with Crippen LogP contribution in [0.15, 0.2) is 12.1 Å². The van der Waals surface area contributed by atoms with Crippen molar-refractivity contribution in [3.05, 3.63) is 29.6 Å². The molecule has 86 valence electrons. The third-order valence-corrected chi connectivity index (χ3v) is 2.17. The number of amides is 2. The van der Waals surface area contributed by atoms with E-state index in [9.17, 15) is 18.0 Å². The summed E-state index contributed by atoms with van der Waals surface area (Å²) in [4.78, 5) is 11.2. The highest BCUT2D eigenvalue weighted by Crippen LogP contribution is 2.20. The lowest BCUT2D eigenvalue weighted by atomic mass is 10.3. The number of carbonyl (C=O) groups is 1. The fraction of sp³-hybridized carbons (Fsp3) is 0.300. The lowest BCUT2D eigenvalue weighted by molar-refractivity contribution is 0.251. The van der Waals surface area contributed by atoms with Crippen LogP contribution in [-0.2, 0) is 0 Å². The minimum Gasteiger partial charge on any atom is -0.335 e. The topological polar surface area (TPSA) is 41.1 Å². The zero-order valence-corrected chi connectivity index (χ0v) is 8.19. The Bertz CT molecular complexity index is 432. The fourth-order valence-corrected chi connectivity index (χ4v) is 1.19. The van der Waals surface area contributed by atoms with E-state index in [0.717, 1.165) is 12.8 Å². The maximum absolute atomic E-state index is 13.1. The molecule has 1 aromatic carbocycles. The van der Waals surface area contributed by atoms with Gasteiger partial charge in [-0.05, 0) is 12.8 Å². The number of halogens is 3. The first-order chi connectivity index (χ1) is 7.56. The van der Waals surface area contributed by atoms with Crippen molar-refractivity contribution in [2.75, 3.05) is 5.32 Å². The summed E-state index contributed by atoms with van der Waals surface area (Å²) in [6.07, 6.45) is 1.77. The first-order valence-corrected chi connectivity index (χ1v) is 4.78. The zero-order valence-electron chi connectivity index (χ0n) is 8.19. The average Bonchev–Trinajstić information content (AvgIpc) is 2.98. The quantitative estimate of drug-likeness (QED) is 0.752. The number of rotatable bonds is 2. The van der Waals surface area contributed by atoms with Crippen LogP contribution in [0.3, 0.4) is 0 Å². The molecule has 2 amide bonds. The molecule has 1 saturated carbocycles. The van der Waals surface area contributed by atoms with Gasteiger partial charge in [-0.1, -0.05) is 0 Å². The van der Waals surface area contributed by atoms with Gasteiger partial charge in [0.25, 0.3) is 0 Å². The molecule has 3 nitrogen and oxygen atoms in total. The smallest absolute Gasteiger partial charge is 0.319 e. The molecular weight excluding hydrogens is 221 g/mol. The summed E-state index contributed by atoms with van der Waals surface area (Å²) < 4.78 is 38.4. The van der Waals surface area contributed by atoms with Crippen molar-refractivity contribution in [1.29, 1.82) is 0 Å². The van der Waals surface area contributed by atoms with E-state index < -0.39 is 23.5 Å². The first kappa shape index (κ1) is 10.8. The number of carbonyl (C=O) groups excluding carboxylic acids is 1. The summed E-state index contributed by atoms with van der Waals surface area (Å²) in [5.41, 5.74) is -0.378. The average molecular weight is 230 g/mol. The van der Waals surface area contributed by atoms with Crippen LogP contribution in [-0.4, -0.2) is 12.1 Å². The van der Waals surface area contributed by atoms with E-state index in [-0.39, 0.29) is 11.7 Å². The van der Waals surface area contributed by atoms with Crippen LogP contribution in [0, 0.1) is 17.5 Å². The van der Waals surface area contributed by atoms with Gasteiger partial charge < -0.3 is 10.6 Å². The molecule has 1 aliphatic carbocycles. The van der Waals surface area contributed by atoms with Gasteiger partial charge in [-0.2, -0.15) is 0 Å². The van der Waals surface area contributed by atoms with Crippen molar-refractivity contribution in [3.8, 4) is 0 Å². The van der Waals surface area contributed by atoms with Crippen molar-refractivity contribution in [2.45, 2.75) is 18.9 Å². The van der Waals surface area contributed by atoms with Crippen LogP contribution in [0.5, 0.6) is 0 Å². The Hall–Kier alpha value is -1.72. The van der Waals surface area contributed by atoms with E-state index in [2.05, 4.69) is 10.6 Å². The Morgan fingerprint density at radius 3 is 2.38 bits per heavy atom. The van der Waals surface area contributed by atoms with Gasteiger partial charge in [0.1, 0.15) is 5.82 Å². The number of nitrogens with one attached hydrogen (secondary N) is 2. The standard InChI is InChI=1S/C10H9F3N2O/c11-6-3-8(13)9(4-7(6)12)15-10(16)14-5-1-2-5/h3-5H,1-2H2,(H2,14,15,16). The molecule has 0 aliphatic heterocycles. The summed E-state index contributed by atoms with van der Waals surface area (Å²) in [6.45, 7) is 0. The Morgan fingerprint density at radius 1 is 1.12 bits per heavy atom. The number of anilines is 1. The Balaban J connectivity index is 2.07. The highest BCUT2D eigenvalue weighted by molar-refractivity contribution is 5.89. The molecule has 1 aromatic rings. The predicted octanol–water partition coefficient (Wildman–Crippen LogP) is 2.39. The lowest BCUT2D eigenvalue weighted by Crippen LogP contribution is -2.30. The van der Waals surface area contributed by atoms with Crippen LogP contribution >= 0.6 is 0 Å². The molecule has 0 spiro atoms. The third kappa shape index (κ3) is 2.44. The third-order valence-electron chi connectivity index (χ3n) is 2.17. The molecule has 1 fully saturated rings. The minimum atomic E-state index is -1.29. The normalized spacial score (nSPS) is 14.7. The lowest BCUT2D eigenvalue weighted by Gasteiger charge is -2.07. The van der Waals surface area contributed by atoms with Crippen LogP contribution in [0.2, 0.25) is 0 Å². The van der Waals surface area contributed by atoms with Crippen LogP contribution in [0.4, 0.5) is 23.7 Å². The van der Waals surface area contributed by atoms with Gasteiger partial charge in [-0.15, -0.1) is 0 Å². The largest absolute Gasteiger partial charge is 0.335 e. The fourth-order valence-electron chi connectivity index (χ4n) is 1.19. The maximum atomic E-state index is 13.1. The molecule has 0 aromatic heterocycles. The highest BCUT2D eigenvalue weighted by Gasteiger charge is 2.23. The van der Waals surface area contributed by atoms with Crippen molar-refractivity contribution in [2.24, 2.45) is 0 Å². The molecule has 16 heavy (non-hydrogen) atoms. The van der Waals surface area contributed by atoms with Crippen molar-refractivity contribution in [3.63, 3.8) is 0 Å². The van der Waals surface area contributed by atoms with Gasteiger partial charge in [-0.3, -0.25) is 0 Å². The molecule has 0 unspecified atom stereocenters. The molecular formula is C10H9F3N2O. The molecule has 2 N–H and O–H groups in total. The second kappa shape index (κ2) is 4.03. The molecule has 1 aliphatic rings. The number of benzene rings is 1. The van der Waals surface area contributed by atoms with Gasteiger partial charge in [0.2, 0.25) is 0 Å². The SMILES string of the molecule is O=C(Nc1cc(F)c(F)cc1F)NC1CC1. The van der Waals surface area contributed by atoms with Crippen LogP contribution < -0.4 is 10.6 Å². The number of hydrogen-bond donors (Lipinski definition) is 2. The number of hydrogen-bond acceptors (Lipinski definition) is 1. The van der Waals surface area contributed by atoms with Crippen LogP contribution in [0.25, 0.3) is 0 Å². The zero-order chi connectivity index (χ0) is 11.7. The van der Waals surface area contributed by atoms with E-state index in [1.54, 1.807) is 0 Å². The molecule has 0 heterocycles. The van der Waals surface area contributed by atoms with E-state index in [4.69, 9.17) is 0 Å². The van der Waals surface area contributed by atoms with Crippen molar-refractivity contribution >= 4 is 11.7 Å². The van der Waals surface area contributed by atoms with Gasteiger partial charge in [0.15, 0.2) is 11.6 Å². The second-order valence-electron chi connectivity index (χ2n) is 3.62. The van der Waals surface area contributed by atoms with E-state index in [0.29, 0.717) is 12.1 Å². The van der Waals surface area contributed by atoms with Crippen LogP contribution in [0.1, 0.15) is 12.8 Å². The Morgan fingerprint density at radius 2 is 1.75 bits per heavy atom. The highest BCUT2D eigenvalue weighted by atomic mass is 19.2. The summed E-state index contributed by atoms with van der Waals surface area (Å²) >= 11 is 0. The van der Waals surface area contributed by atoms with Crippen molar-refractivity contribution in [1.82, 2.24) is 5.32 Å². The van der Waals surface area contributed by atoms with E-state index >= 15 is 0 Å². The first-order valence-electron chi connectivity index (χ1n) is 4.78. The Kier molecular flexibility index (Phi) is 2.72. The minimum absolute atomic E-state index is 0.105. The van der Waals surface area contributed by atoms with Gasteiger partial charge >= 0.3 is 6.03 Å².